The Morgan fingerprint density at radius 3 is 2.14 bits per heavy atom. The van der Waals surface area contributed by atoms with E-state index in [0.717, 1.165) is 11.1 Å². The van der Waals surface area contributed by atoms with Crippen molar-refractivity contribution in [3.8, 4) is 0 Å². The lowest BCUT2D eigenvalue weighted by Gasteiger charge is -2.24. The zero-order valence-electron chi connectivity index (χ0n) is 17.0. The fourth-order valence-corrected chi connectivity index (χ4v) is 3.18. The van der Waals surface area contributed by atoms with Crippen LogP contribution >= 0.6 is 0 Å². The molecule has 3 aromatic rings. The highest BCUT2D eigenvalue weighted by Crippen LogP contribution is 2.23. The number of aryl methyl sites for hydroxylation is 1. The van der Waals surface area contributed by atoms with Crippen molar-refractivity contribution in [3.05, 3.63) is 101 Å². The summed E-state index contributed by atoms with van der Waals surface area (Å²) >= 11 is 0. The average molecular weight is 386 g/mol. The summed E-state index contributed by atoms with van der Waals surface area (Å²) in [6.07, 6.45) is 0. The van der Waals surface area contributed by atoms with Gasteiger partial charge in [-0.3, -0.25) is 14.9 Å². The van der Waals surface area contributed by atoms with Gasteiger partial charge in [-0.25, -0.2) is 0 Å². The number of hydrogen-bond donors (Lipinski definition) is 2. The predicted molar refractivity (Wildman–Crippen MR) is 117 cm³/mol. The predicted octanol–water partition coefficient (Wildman–Crippen LogP) is 4.90. The molecule has 0 aliphatic heterocycles. The number of carbonyl (C=O) groups is 2. The molecule has 3 aromatic carbocycles. The van der Waals surface area contributed by atoms with Crippen LogP contribution in [-0.2, 0) is 4.79 Å². The number of hydrogen-bond acceptors (Lipinski definition) is 3. The van der Waals surface area contributed by atoms with Crippen molar-refractivity contribution in [3.63, 3.8) is 0 Å². The lowest BCUT2D eigenvalue weighted by atomic mass is 9.97. The summed E-state index contributed by atoms with van der Waals surface area (Å²) in [7, 11) is 0. The van der Waals surface area contributed by atoms with Gasteiger partial charge in [-0.1, -0.05) is 72.3 Å². The third-order valence-electron chi connectivity index (χ3n) is 4.89. The van der Waals surface area contributed by atoms with Gasteiger partial charge in [-0.05, 0) is 44.0 Å². The lowest BCUT2D eigenvalue weighted by Crippen LogP contribution is -2.40. The number of ketones is 1. The van der Waals surface area contributed by atoms with Crippen molar-refractivity contribution in [1.29, 1.82) is 0 Å². The van der Waals surface area contributed by atoms with Crippen molar-refractivity contribution in [2.24, 2.45) is 0 Å². The zero-order chi connectivity index (χ0) is 20.8. The first-order valence-electron chi connectivity index (χ1n) is 9.73. The smallest absolute Gasteiger partial charge is 0.241 e. The molecule has 29 heavy (non-hydrogen) atoms. The number of amides is 1. The molecule has 0 saturated carbocycles. The van der Waals surface area contributed by atoms with E-state index in [-0.39, 0.29) is 17.7 Å². The van der Waals surface area contributed by atoms with Crippen LogP contribution in [0.3, 0.4) is 0 Å². The minimum absolute atomic E-state index is 0.0317. The second-order valence-corrected chi connectivity index (χ2v) is 7.27. The molecule has 0 heterocycles. The molecule has 0 aromatic heterocycles. The Labute approximate surface area is 172 Å². The Balaban J connectivity index is 1.78. The van der Waals surface area contributed by atoms with Crippen molar-refractivity contribution in [2.75, 3.05) is 5.32 Å². The molecular formula is C25H26N2O2. The van der Waals surface area contributed by atoms with Gasteiger partial charge in [0.1, 0.15) is 0 Å². The number of carbonyl (C=O) groups excluding carboxylic acids is 2. The Kier molecular flexibility index (Phi) is 6.57. The molecule has 2 atom stereocenters. The van der Waals surface area contributed by atoms with Crippen molar-refractivity contribution in [2.45, 2.75) is 32.9 Å². The van der Waals surface area contributed by atoms with Gasteiger partial charge in [0.05, 0.1) is 12.1 Å². The second-order valence-electron chi connectivity index (χ2n) is 7.27. The van der Waals surface area contributed by atoms with E-state index >= 15 is 0 Å². The quantitative estimate of drug-likeness (QED) is 0.568. The molecule has 1 amide bonds. The average Bonchev–Trinajstić information content (AvgIpc) is 2.73. The van der Waals surface area contributed by atoms with Crippen molar-refractivity contribution < 1.29 is 9.59 Å². The minimum atomic E-state index is -0.442. The maximum atomic E-state index is 12.8. The SMILES string of the molecule is CC(=O)c1cccc(NC(=O)[C@@H](C)N[C@@H](c2ccccc2)c2ccc(C)cc2)c1. The van der Waals surface area contributed by atoms with Crippen molar-refractivity contribution in [1.82, 2.24) is 5.32 Å². The molecule has 0 bridgehead atoms. The molecule has 148 valence electrons. The summed E-state index contributed by atoms with van der Waals surface area (Å²) < 4.78 is 0. The Morgan fingerprint density at radius 1 is 0.828 bits per heavy atom. The molecule has 0 aliphatic carbocycles. The van der Waals surface area contributed by atoms with Crippen LogP contribution in [-0.4, -0.2) is 17.7 Å². The molecule has 0 radical (unpaired) electrons. The first kappa shape index (κ1) is 20.5. The molecule has 0 fully saturated rings. The largest absolute Gasteiger partial charge is 0.325 e. The standard InChI is InChI=1S/C25H26N2O2/c1-17-12-14-21(15-13-17)24(20-8-5-4-6-9-20)26-18(2)25(29)27-23-11-7-10-22(16-23)19(3)28/h4-16,18,24,26H,1-3H3,(H,27,29)/t18-,24+/m1/s1. The third kappa shape index (κ3) is 5.39. The topological polar surface area (TPSA) is 58.2 Å². The second kappa shape index (κ2) is 9.30. The van der Waals surface area contributed by atoms with E-state index in [1.807, 2.05) is 25.1 Å². The molecule has 0 saturated heterocycles. The first-order valence-corrected chi connectivity index (χ1v) is 9.73. The summed E-state index contributed by atoms with van der Waals surface area (Å²) in [5.41, 5.74) is 4.57. The summed E-state index contributed by atoms with van der Waals surface area (Å²) in [6.45, 7) is 5.41. The van der Waals surface area contributed by atoms with Crippen LogP contribution in [0.5, 0.6) is 0 Å². The molecule has 3 rings (SSSR count). The molecule has 4 nitrogen and oxygen atoms in total. The van der Waals surface area contributed by atoms with Gasteiger partial charge in [-0.2, -0.15) is 0 Å². The van der Waals surface area contributed by atoms with Crippen LogP contribution in [0.2, 0.25) is 0 Å². The fraction of sp³-hybridized carbons (Fsp3) is 0.200. The summed E-state index contributed by atoms with van der Waals surface area (Å²) in [4.78, 5) is 24.4. The highest BCUT2D eigenvalue weighted by atomic mass is 16.2. The molecular weight excluding hydrogens is 360 g/mol. The summed E-state index contributed by atoms with van der Waals surface area (Å²) in [6, 6.07) is 24.8. The van der Waals surface area contributed by atoms with Crippen LogP contribution in [0.15, 0.2) is 78.9 Å². The number of anilines is 1. The maximum Gasteiger partial charge on any atom is 0.241 e. The highest BCUT2D eigenvalue weighted by Gasteiger charge is 2.21. The number of Topliss-reactive ketones (excluding diaryl/α,β-unsaturated/α-hetero) is 1. The molecule has 0 aliphatic rings. The Morgan fingerprint density at radius 2 is 1.48 bits per heavy atom. The number of rotatable bonds is 7. The van der Waals surface area contributed by atoms with E-state index < -0.39 is 6.04 Å². The van der Waals surface area contributed by atoms with Gasteiger partial charge in [-0.15, -0.1) is 0 Å². The van der Waals surface area contributed by atoms with Crippen LogP contribution in [0.25, 0.3) is 0 Å². The van der Waals surface area contributed by atoms with Gasteiger partial charge in [0, 0.05) is 11.3 Å². The van der Waals surface area contributed by atoms with E-state index in [1.165, 1.54) is 12.5 Å². The first-order chi connectivity index (χ1) is 13.9. The van der Waals surface area contributed by atoms with E-state index in [0.29, 0.717) is 11.3 Å². The van der Waals surface area contributed by atoms with Gasteiger partial charge < -0.3 is 5.32 Å². The van der Waals surface area contributed by atoms with Gasteiger partial charge in [0.2, 0.25) is 5.91 Å². The van der Waals surface area contributed by atoms with Crippen LogP contribution in [0, 0.1) is 6.92 Å². The van der Waals surface area contributed by atoms with Gasteiger partial charge in [0.15, 0.2) is 5.78 Å². The Hall–Kier alpha value is -3.24. The van der Waals surface area contributed by atoms with E-state index in [4.69, 9.17) is 0 Å². The third-order valence-corrected chi connectivity index (χ3v) is 4.89. The highest BCUT2D eigenvalue weighted by molar-refractivity contribution is 5.98. The minimum Gasteiger partial charge on any atom is -0.325 e. The maximum absolute atomic E-state index is 12.8. The fourth-order valence-electron chi connectivity index (χ4n) is 3.18. The monoisotopic (exact) mass is 386 g/mol. The molecule has 4 heteroatoms. The number of benzene rings is 3. The van der Waals surface area contributed by atoms with Crippen LogP contribution in [0.4, 0.5) is 5.69 Å². The molecule has 0 spiro atoms. The summed E-state index contributed by atoms with van der Waals surface area (Å²) in [5, 5.41) is 6.35. The normalized spacial score (nSPS) is 12.8. The van der Waals surface area contributed by atoms with Crippen LogP contribution in [0.1, 0.15) is 46.9 Å². The van der Waals surface area contributed by atoms with E-state index in [9.17, 15) is 9.59 Å². The Bertz CT molecular complexity index is 981. The zero-order valence-corrected chi connectivity index (χ0v) is 17.0. The van der Waals surface area contributed by atoms with Gasteiger partial charge in [0.25, 0.3) is 0 Å². The molecule has 0 unspecified atom stereocenters. The van der Waals surface area contributed by atoms with E-state index in [1.54, 1.807) is 24.3 Å². The number of nitrogens with one attached hydrogen (secondary N) is 2. The molecule has 2 N–H and O–H groups in total. The van der Waals surface area contributed by atoms with Crippen LogP contribution < -0.4 is 10.6 Å². The lowest BCUT2D eigenvalue weighted by molar-refractivity contribution is -0.117. The summed E-state index contributed by atoms with van der Waals surface area (Å²) in [5.74, 6) is -0.186. The van der Waals surface area contributed by atoms with Gasteiger partial charge >= 0.3 is 0 Å². The van der Waals surface area contributed by atoms with E-state index in [2.05, 4.69) is 54.0 Å². The van der Waals surface area contributed by atoms with Crippen molar-refractivity contribution >= 4 is 17.4 Å².